The minimum atomic E-state index is 0.692. The van der Waals surface area contributed by atoms with E-state index < -0.39 is 0 Å². The molecule has 0 amide bonds. The molecule has 84 valence electrons. The number of aromatic nitrogens is 5. The second kappa shape index (κ2) is 5.32. The second-order valence-electron chi connectivity index (χ2n) is 3.33. The molecule has 0 bridgehead atoms. The molecule has 0 aliphatic carbocycles. The summed E-state index contributed by atoms with van der Waals surface area (Å²) < 4.78 is 1.71. The fourth-order valence-electron chi connectivity index (χ4n) is 1.36. The summed E-state index contributed by atoms with van der Waals surface area (Å²) in [4.78, 5) is 12.2. The molecular weight excluding hydrogens is 204 g/mol. The maximum atomic E-state index is 4.19. The van der Waals surface area contributed by atoms with Crippen molar-refractivity contribution in [2.24, 2.45) is 0 Å². The van der Waals surface area contributed by atoms with Crippen LogP contribution in [0.4, 0.5) is 0 Å². The SMILES string of the molecule is CCCNCc1ncnn1-c1ccncn1. The highest BCUT2D eigenvalue weighted by Gasteiger charge is 2.06. The molecule has 6 heteroatoms. The van der Waals surface area contributed by atoms with Crippen LogP contribution in [0.15, 0.2) is 24.9 Å². The van der Waals surface area contributed by atoms with Gasteiger partial charge in [-0.3, -0.25) is 0 Å². The Morgan fingerprint density at radius 1 is 1.31 bits per heavy atom. The topological polar surface area (TPSA) is 68.5 Å². The molecule has 2 rings (SSSR count). The molecule has 0 unspecified atom stereocenters. The van der Waals surface area contributed by atoms with Crippen LogP contribution < -0.4 is 5.32 Å². The zero-order valence-electron chi connectivity index (χ0n) is 9.17. The zero-order valence-corrected chi connectivity index (χ0v) is 9.17. The van der Waals surface area contributed by atoms with Crippen molar-refractivity contribution in [3.05, 3.63) is 30.7 Å². The molecule has 0 spiro atoms. The molecule has 0 radical (unpaired) electrons. The second-order valence-corrected chi connectivity index (χ2v) is 3.33. The van der Waals surface area contributed by atoms with E-state index in [-0.39, 0.29) is 0 Å². The Kier molecular flexibility index (Phi) is 3.55. The summed E-state index contributed by atoms with van der Waals surface area (Å²) in [6, 6.07) is 1.80. The minimum Gasteiger partial charge on any atom is -0.310 e. The Morgan fingerprint density at radius 2 is 2.25 bits per heavy atom. The Morgan fingerprint density at radius 3 is 3.00 bits per heavy atom. The van der Waals surface area contributed by atoms with Crippen LogP contribution in [0.2, 0.25) is 0 Å². The number of rotatable bonds is 5. The Hall–Kier alpha value is -1.82. The van der Waals surface area contributed by atoms with Crippen LogP contribution in [0.3, 0.4) is 0 Å². The third kappa shape index (κ3) is 2.40. The first-order valence-electron chi connectivity index (χ1n) is 5.28. The normalized spacial score (nSPS) is 10.6. The standard InChI is InChI=1S/C10H14N6/c1-2-4-11-6-10-14-8-15-16(10)9-3-5-12-7-13-9/h3,5,7-8,11H,2,4,6H2,1H3. The van der Waals surface area contributed by atoms with Crippen LogP contribution >= 0.6 is 0 Å². The fraction of sp³-hybridized carbons (Fsp3) is 0.400. The smallest absolute Gasteiger partial charge is 0.158 e. The molecule has 0 aromatic carbocycles. The van der Waals surface area contributed by atoms with Crippen LogP contribution in [0.1, 0.15) is 19.2 Å². The zero-order chi connectivity index (χ0) is 11.2. The maximum absolute atomic E-state index is 4.19. The van der Waals surface area contributed by atoms with Crippen molar-refractivity contribution >= 4 is 0 Å². The van der Waals surface area contributed by atoms with Crippen LogP contribution in [-0.2, 0) is 6.54 Å². The van der Waals surface area contributed by atoms with Crippen molar-refractivity contribution in [1.29, 1.82) is 0 Å². The molecule has 2 heterocycles. The lowest BCUT2D eigenvalue weighted by Gasteiger charge is -2.05. The molecule has 2 aromatic heterocycles. The first kappa shape index (κ1) is 10.7. The monoisotopic (exact) mass is 218 g/mol. The van der Waals surface area contributed by atoms with Gasteiger partial charge in [-0.2, -0.15) is 9.78 Å². The van der Waals surface area contributed by atoms with Crippen LogP contribution in [-0.4, -0.2) is 31.3 Å². The average molecular weight is 218 g/mol. The van der Waals surface area contributed by atoms with Crippen molar-refractivity contribution in [1.82, 2.24) is 30.0 Å². The largest absolute Gasteiger partial charge is 0.310 e. The van der Waals surface area contributed by atoms with E-state index in [1.165, 1.54) is 12.7 Å². The van der Waals surface area contributed by atoms with E-state index in [0.717, 1.165) is 24.6 Å². The summed E-state index contributed by atoms with van der Waals surface area (Å²) in [6.07, 6.45) is 5.82. The number of nitrogens with zero attached hydrogens (tertiary/aromatic N) is 5. The highest BCUT2D eigenvalue weighted by atomic mass is 15.4. The summed E-state index contributed by atoms with van der Waals surface area (Å²) in [5.74, 6) is 1.59. The lowest BCUT2D eigenvalue weighted by atomic mass is 10.4. The predicted octanol–water partition coefficient (Wildman–Crippen LogP) is 0.557. The van der Waals surface area contributed by atoms with E-state index in [9.17, 15) is 0 Å². The van der Waals surface area contributed by atoms with Crippen molar-refractivity contribution in [2.75, 3.05) is 6.54 Å². The highest BCUT2D eigenvalue weighted by Crippen LogP contribution is 2.02. The quantitative estimate of drug-likeness (QED) is 0.742. The highest BCUT2D eigenvalue weighted by molar-refractivity contribution is 5.18. The molecule has 0 fully saturated rings. The van der Waals surface area contributed by atoms with Crippen LogP contribution in [0, 0.1) is 0 Å². The molecule has 0 atom stereocenters. The lowest BCUT2D eigenvalue weighted by molar-refractivity contribution is 0.629. The molecule has 0 aliphatic rings. The summed E-state index contributed by atoms with van der Waals surface area (Å²) in [5, 5.41) is 7.42. The minimum absolute atomic E-state index is 0.692. The van der Waals surface area contributed by atoms with Gasteiger partial charge in [0, 0.05) is 12.3 Å². The summed E-state index contributed by atoms with van der Waals surface area (Å²) in [7, 11) is 0. The molecule has 0 saturated carbocycles. The van der Waals surface area contributed by atoms with Crippen LogP contribution in [0.25, 0.3) is 5.82 Å². The average Bonchev–Trinajstić information content (AvgIpc) is 2.79. The maximum Gasteiger partial charge on any atom is 0.158 e. The van der Waals surface area contributed by atoms with Crippen molar-refractivity contribution in [3.8, 4) is 5.82 Å². The third-order valence-electron chi connectivity index (χ3n) is 2.11. The van der Waals surface area contributed by atoms with Crippen molar-refractivity contribution in [2.45, 2.75) is 19.9 Å². The summed E-state index contributed by atoms with van der Waals surface area (Å²) >= 11 is 0. The fourth-order valence-corrected chi connectivity index (χ4v) is 1.36. The van der Waals surface area contributed by atoms with Gasteiger partial charge in [-0.15, -0.1) is 0 Å². The van der Waals surface area contributed by atoms with Crippen LogP contribution in [0.5, 0.6) is 0 Å². The van der Waals surface area contributed by atoms with Gasteiger partial charge in [-0.1, -0.05) is 6.92 Å². The van der Waals surface area contributed by atoms with Gasteiger partial charge in [0.2, 0.25) is 0 Å². The molecule has 2 aromatic rings. The molecule has 16 heavy (non-hydrogen) atoms. The van der Waals surface area contributed by atoms with Gasteiger partial charge in [-0.05, 0) is 13.0 Å². The first-order chi connectivity index (χ1) is 7.92. The Balaban J connectivity index is 2.13. The van der Waals surface area contributed by atoms with E-state index in [1.54, 1.807) is 16.9 Å². The molecule has 6 nitrogen and oxygen atoms in total. The van der Waals surface area contributed by atoms with E-state index in [1.807, 2.05) is 0 Å². The van der Waals surface area contributed by atoms with E-state index in [4.69, 9.17) is 0 Å². The number of hydrogen-bond acceptors (Lipinski definition) is 5. The molecule has 0 aliphatic heterocycles. The predicted molar refractivity (Wildman–Crippen MR) is 58.9 cm³/mol. The van der Waals surface area contributed by atoms with E-state index >= 15 is 0 Å². The van der Waals surface area contributed by atoms with Gasteiger partial charge in [0.25, 0.3) is 0 Å². The van der Waals surface area contributed by atoms with Gasteiger partial charge >= 0.3 is 0 Å². The summed E-state index contributed by atoms with van der Waals surface area (Å²) in [6.45, 7) is 3.79. The molecule has 1 N–H and O–H groups in total. The van der Waals surface area contributed by atoms with Crippen molar-refractivity contribution < 1.29 is 0 Å². The molecule has 0 saturated heterocycles. The van der Waals surface area contributed by atoms with Gasteiger partial charge < -0.3 is 5.32 Å². The summed E-state index contributed by atoms with van der Waals surface area (Å²) in [5.41, 5.74) is 0. The van der Waals surface area contributed by atoms with Gasteiger partial charge in [0.1, 0.15) is 18.5 Å². The first-order valence-corrected chi connectivity index (χ1v) is 5.28. The van der Waals surface area contributed by atoms with Gasteiger partial charge in [0.05, 0.1) is 6.54 Å². The van der Waals surface area contributed by atoms with E-state index in [2.05, 4.69) is 32.3 Å². The van der Waals surface area contributed by atoms with Gasteiger partial charge in [-0.25, -0.2) is 15.0 Å². The Bertz CT molecular complexity index is 424. The molecular formula is C10H14N6. The number of nitrogens with one attached hydrogen (secondary N) is 1. The lowest BCUT2D eigenvalue weighted by Crippen LogP contribution is -2.18. The van der Waals surface area contributed by atoms with E-state index in [0.29, 0.717) is 6.54 Å². The number of hydrogen-bond donors (Lipinski definition) is 1. The third-order valence-corrected chi connectivity index (χ3v) is 2.11. The Labute approximate surface area is 93.8 Å². The van der Waals surface area contributed by atoms with Gasteiger partial charge in [0.15, 0.2) is 5.82 Å². The van der Waals surface area contributed by atoms with Crippen molar-refractivity contribution in [3.63, 3.8) is 0 Å².